The largest absolute Gasteiger partial charge is 0.458 e. The van der Waals surface area contributed by atoms with Gasteiger partial charge >= 0.3 is 0 Å². The van der Waals surface area contributed by atoms with E-state index in [4.69, 9.17) is 33.0 Å². The molecule has 0 saturated heterocycles. The fourth-order valence-electron chi connectivity index (χ4n) is 3.38. The molecular formula is C22H27Cl3N4O5. The van der Waals surface area contributed by atoms with Gasteiger partial charge in [0.2, 0.25) is 5.91 Å². The maximum absolute atomic E-state index is 13.1. The van der Waals surface area contributed by atoms with E-state index in [2.05, 4.69) is 10.4 Å². The molecule has 0 saturated carbocycles. The molecule has 3 N–H and O–H groups in total. The number of halogens is 3. The second kappa shape index (κ2) is 12.4. The maximum Gasteiger partial charge on any atom is 0.251 e. The summed E-state index contributed by atoms with van der Waals surface area (Å²) in [6, 6.07) is 5.79. The fourth-order valence-corrected chi connectivity index (χ4v) is 3.71. The summed E-state index contributed by atoms with van der Waals surface area (Å²) in [7, 11) is 0. The average molecular weight is 534 g/mol. The summed E-state index contributed by atoms with van der Waals surface area (Å²) in [5, 5.41) is 26.0. The monoisotopic (exact) mass is 532 g/mol. The smallest absolute Gasteiger partial charge is 0.251 e. The molecule has 12 heteroatoms. The highest BCUT2D eigenvalue weighted by Gasteiger charge is 2.35. The van der Waals surface area contributed by atoms with E-state index in [0.29, 0.717) is 23.0 Å². The van der Waals surface area contributed by atoms with Gasteiger partial charge in [0.25, 0.3) is 5.91 Å². The molecule has 34 heavy (non-hydrogen) atoms. The lowest BCUT2D eigenvalue weighted by Crippen LogP contribution is -2.46. The molecule has 0 fully saturated rings. The highest BCUT2D eigenvalue weighted by atomic mass is 35.5. The number of amides is 2. The third-order valence-electron chi connectivity index (χ3n) is 4.92. The van der Waals surface area contributed by atoms with Gasteiger partial charge in [0.05, 0.1) is 30.8 Å². The Morgan fingerprint density at radius 2 is 2.03 bits per heavy atom. The van der Waals surface area contributed by atoms with Crippen LogP contribution in [0.2, 0.25) is 10.0 Å². The number of rotatable bonds is 10. The summed E-state index contributed by atoms with van der Waals surface area (Å²) in [5.74, 6) is 0.360. The number of nitrogens with zero attached hydrogens (tertiary/aromatic N) is 3. The SMILES string of the molecule is CC(C)C[C@@H](C(=O)Nc1ccn(C[C@@H](O)CO)n1)N1CC(Oc2cccc(Cl)c2Cl)=CC1=O.Cl. The molecule has 1 aromatic carbocycles. The van der Waals surface area contributed by atoms with E-state index < -0.39 is 18.8 Å². The van der Waals surface area contributed by atoms with Crippen molar-refractivity contribution in [2.45, 2.75) is 39.0 Å². The molecule has 1 aromatic heterocycles. The quantitative estimate of drug-likeness (QED) is 0.432. The Kier molecular flexibility index (Phi) is 10.2. The van der Waals surface area contributed by atoms with Crippen LogP contribution in [0.25, 0.3) is 0 Å². The molecule has 2 aromatic rings. The standard InChI is InChI=1S/C22H26Cl2N4O5.ClH/c1-13(2)8-17(22(32)25-19-6-7-27(26-19)10-14(30)12-29)28-11-15(9-20(28)31)33-18-5-3-4-16(23)21(18)24;/h3-7,9,13-14,17,29-30H,8,10-12H2,1-2H3,(H,25,26,32);1H/t14-,17+;/m1./s1. The summed E-state index contributed by atoms with van der Waals surface area (Å²) in [5.41, 5.74) is 0. The molecule has 3 rings (SSSR count). The lowest BCUT2D eigenvalue weighted by atomic mass is 10.0. The van der Waals surface area contributed by atoms with Crippen molar-refractivity contribution in [3.05, 3.63) is 52.3 Å². The van der Waals surface area contributed by atoms with Crippen LogP contribution >= 0.6 is 35.6 Å². The zero-order valence-corrected chi connectivity index (χ0v) is 21.0. The van der Waals surface area contributed by atoms with Crippen molar-refractivity contribution < 1.29 is 24.5 Å². The van der Waals surface area contributed by atoms with Crippen LogP contribution in [-0.4, -0.2) is 62.0 Å². The second-order valence-electron chi connectivity index (χ2n) is 8.12. The number of aromatic nitrogens is 2. The molecule has 9 nitrogen and oxygen atoms in total. The van der Waals surface area contributed by atoms with Crippen LogP contribution in [0.5, 0.6) is 5.75 Å². The molecule has 0 aliphatic carbocycles. The van der Waals surface area contributed by atoms with E-state index in [1.807, 2.05) is 13.8 Å². The van der Waals surface area contributed by atoms with Crippen LogP contribution in [0.1, 0.15) is 20.3 Å². The Bertz CT molecular complexity index is 1040. The maximum atomic E-state index is 13.1. The zero-order valence-electron chi connectivity index (χ0n) is 18.6. The lowest BCUT2D eigenvalue weighted by Gasteiger charge is -2.28. The molecule has 2 heterocycles. The molecule has 1 aliphatic heterocycles. The van der Waals surface area contributed by atoms with Gasteiger partial charge in [0.1, 0.15) is 22.6 Å². The molecule has 186 valence electrons. The Morgan fingerprint density at radius 3 is 2.71 bits per heavy atom. The van der Waals surface area contributed by atoms with Crippen LogP contribution < -0.4 is 10.1 Å². The summed E-state index contributed by atoms with van der Waals surface area (Å²) in [6.07, 6.45) is 2.39. The fraction of sp³-hybridized carbons (Fsp3) is 0.409. The van der Waals surface area contributed by atoms with E-state index in [9.17, 15) is 14.7 Å². The van der Waals surface area contributed by atoms with Crippen molar-refractivity contribution in [1.82, 2.24) is 14.7 Å². The first-order chi connectivity index (χ1) is 15.7. The van der Waals surface area contributed by atoms with Crippen molar-refractivity contribution >= 4 is 53.2 Å². The highest BCUT2D eigenvalue weighted by molar-refractivity contribution is 6.42. The number of benzene rings is 1. The Labute approximate surface area is 213 Å². The molecule has 0 unspecified atom stereocenters. The van der Waals surface area contributed by atoms with Crippen molar-refractivity contribution in [3.8, 4) is 5.75 Å². The number of hydrogen-bond acceptors (Lipinski definition) is 6. The van der Waals surface area contributed by atoms with E-state index in [0.717, 1.165) is 0 Å². The van der Waals surface area contributed by atoms with Crippen LogP contribution in [-0.2, 0) is 16.1 Å². The first-order valence-corrected chi connectivity index (χ1v) is 11.2. The van der Waals surface area contributed by atoms with Crippen LogP contribution in [0, 0.1) is 5.92 Å². The Hall–Kier alpha value is -2.30. The summed E-state index contributed by atoms with van der Waals surface area (Å²) >= 11 is 12.2. The minimum Gasteiger partial charge on any atom is -0.458 e. The van der Waals surface area contributed by atoms with Gasteiger partial charge in [-0.25, -0.2) is 0 Å². The normalized spacial score (nSPS) is 15.1. The van der Waals surface area contributed by atoms with Gasteiger partial charge in [0, 0.05) is 18.3 Å². The molecule has 1 aliphatic rings. The van der Waals surface area contributed by atoms with E-state index in [1.54, 1.807) is 30.5 Å². The minimum atomic E-state index is -0.957. The van der Waals surface area contributed by atoms with Crippen molar-refractivity contribution in [2.75, 3.05) is 18.5 Å². The average Bonchev–Trinajstić information content (AvgIpc) is 3.35. The number of hydrogen-bond donors (Lipinski definition) is 3. The summed E-state index contributed by atoms with van der Waals surface area (Å²) in [6.45, 7) is 3.71. The van der Waals surface area contributed by atoms with Gasteiger partial charge in [-0.15, -0.1) is 12.4 Å². The first kappa shape index (κ1) is 27.9. The number of ether oxygens (including phenoxy) is 1. The minimum absolute atomic E-state index is 0. The number of aliphatic hydroxyl groups excluding tert-OH is 2. The van der Waals surface area contributed by atoms with E-state index >= 15 is 0 Å². The predicted molar refractivity (Wildman–Crippen MR) is 131 cm³/mol. The molecule has 2 atom stereocenters. The van der Waals surface area contributed by atoms with Gasteiger partial charge in [-0.2, -0.15) is 5.10 Å². The van der Waals surface area contributed by atoms with Gasteiger partial charge in [0.15, 0.2) is 5.82 Å². The lowest BCUT2D eigenvalue weighted by molar-refractivity contribution is -0.133. The Morgan fingerprint density at radius 1 is 1.29 bits per heavy atom. The van der Waals surface area contributed by atoms with Gasteiger partial charge < -0.3 is 25.2 Å². The summed E-state index contributed by atoms with van der Waals surface area (Å²) in [4.78, 5) is 27.3. The summed E-state index contributed by atoms with van der Waals surface area (Å²) < 4.78 is 7.20. The number of aliphatic hydroxyl groups is 2. The predicted octanol–water partition coefficient (Wildman–Crippen LogP) is 3.12. The van der Waals surface area contributed by atoms with Crippen molar-refractivity contribution in [2.24, 2.45) is 5.92 Å². The second-order valence-corrected chi connectivity index (χ2v) is 8.91. The van der Waals surface area contributed by atoms with Gasteiger partial charge in [-0.1, -0.05) is 43.1 Å². The molecule has 0 bridgehead atoms. The van der Waals surface area contributed by atoms with Crippen molar-refractivity contribution in [1.29, 1.82) is 0 Å². The Balaban J connectivity index is 0.00000408. The van der Waals surface area contributed by atoms with Gasteiger partial charge in [-0.05, 0) is 24.5 Å². The number of anilines is 1. The van der Waals surface area contributed by atoms with Crippen molar-refractivity contribution in [3.63, 3.8) is 0 Å². The molecular weight excluding hydrogens is 507 g/mol. The molecule has 0 radical (unpaired) electrons. The molecule has 0 spiro atoms. The van der Waals surface area contributed by atoms with Gasteiger partial charge in [-0.3, -0.25) is 14.3 Å². The topological polar surface area (TPSA) is 117 Å². The van der Waals surface area contributed by atoms with Crippen LogP contribution in [0.15, 0.2) is 42.3 Å². The van der Waals surface area contributed by atoms with E-state index in [1.165, 1.54) is 15.7 Å². The number of nitrogens with one attached hydrogen (secondary N) is 1. The third-order valence-corrected chi connectivity index (χ3v) is 5.73. The zero-order chi connectivity index (χ0) is 24.1. The number of carbonyl (C=O) groups excluding carboxylic acids is 2. The first-order valence-electron chi connectivity index (χ1n) is 10.4. The van der Waals surface area contributed by atoms with Crippen LogP contribution in [0.4, 0.5) is 5.82 Å². The third kappa shape index (κ3) is 7.10. The van der Waals surface area contributed by atoms with Crippen LogP contribution in [0.3, 0.4) is 0 Å². The number of carbonyl (C=O) groups is 2. The molecule has 2 amide bonds. The van der Waals surface area contributed by atoms with E-state index in [-0.39, 0.29) is 54.1 Å². The highest BCUT2D eigenvalue weighted by Crippen LogP contribution is 2.33.